The summed E-state index contributed by atoms with van der Waals surface area (Å²) >= 11 is 0. The van der Waals surface area contributed by atoms with Gasteiger partial charge in [0.15, 0.2) is 0 Å². The average molecular weight is 301 g/mol. The Morgan fingerprint density at radius 3 is 2.77 bits per heavy atom. The number of benzene rings is 1. The van der Waals surface area contributed by atoms with Gasteiger partial charge in [-0.25, -0.2) is 0 Å². The maximum Gasteiger partial charge on any atom is 0.254 e. The van der Waals surface area contributed by atoms with E-state index in [0.29, 0.717) is 18.7 Å². The second-order valence-corrected chi connectivity index (χ2v) is 5.57. The van der Waals surface area contributed by atoms with Gasteiger partial charge >= 0.3 is 0 Å². The molecule has 0 aliphatic heterocycles. The predicted octanol–water partition coefficient (Wildman–Crippen LogP) is 2.54. The fraction of sp³-hybridized carbons (Fsp3) is 0.412. The van der Waals surface area contributed by atoms with Crippen LogP contribution in [0.3, 0.4) is 0 Å². The first kappa shape index (κ1) is 16.1. The van der Waals surface area contributed by atoms with Gasteiger partial charge in [0.25, 0.3) is 5.91 Å². The zero-order valence-electron chi connectivity index (χ0n) is 13.6. The maximum absolute atomic E-state index is 11.8. The van der Waals surface area contributed by atoms with E-state index >= 15 is 0 Å². The molecular weight excluding hydrogens is 278 g/mol. The number of amides is 1. The summed E-state index contributed by atoms with van der Waals surface area (Å²) < 4.78 is 7.43. The molecule has 0 aliphatic carbocycles. The number of carbonyl (C=O) groups excluding carboxylic acids is 1. The standard InChI is InChI=1S/C17H23N3O2/c1-12-8-13(2)14(3)16(9-12)22-7-5-6-18-17(21)15-10-19-20(4)11-15/h8-11H,5-7H2,1-4H3,(H,18,21). The lowest BCUT2D eigenvalue weighted by Gasteiger charge is -2.12. The van der Waals surface area contributed by atoms with Crippen molar-refractivity contribution in [3.8, 4) is 5.75 Å². The molecule has 0 atom stereocenters. The largest absolute Gasteiger partial charge is 0.493 e. The zero-order chi connectivity index (χ0) is 16.1. The van der Waals surface area contributed by atoms with Gasteiger partial charge in [-0.15, -0.1) is 0 Å². The van der Waals surface area contributed by atoms with E-state index in [1.807, 2.05) is 0 Å². The minimum absolute atomic E-state index is 0.101. The Morgan fingerprint density at radius 2 is 2.09 bits per heavy atom. The molecule has 2 aromatic rings. The smallest absolute Gasteiger partial charge is 0.254 e. The number of nitrogens with zero attached hydrogens (tertiary/aromatic N) is 2. The summed E-state index contributed by atoms with van der Waals surface area (Å²) in [4.78, 5) is 11.8. The van der Waals surface area contributed by atoms with Crippen LogP contribution in [-0.4, -0.2) is 28.8 Å². The van der Waals surface area contributed by atoms with E-state index in [0.717, 1.165) is 12.2 Å². The van der Waals surface area contributed by atoms with E-state index in [1.54, 1.807) is 24.1 Å². The van der Waals surface area contributed by atoms with Crippen molar-refractivity contribution in [3.63, 3.8) is 0 Å². The molecule has 0 radical (unpaired) electrons. The summed E-state index contributed by atoms with van der Waals surface area (Å²) in [6.07, 6.45) is 4.02. The van der Waals surface area contributed by atoms with Crippen molar-refractivity contribution in [2.75, 3.05) is 13.2 Å². The van der Waals surface area contributed by atoms with Crippen molar-refractivity contribution in [1.29, 1.82) is 0 Å². The van der Waals surface area contributed by atoms with Crippen molar-refractivity contribution in [1.82, 2.24) is 15.1 Å². The Hall–Kier alpha value is -2.30. The van der Waals surface area contributed by atoms with Crippen LogP contribution < -0.4 is 10.1 Å². The van der Waals surface area contributed by atoms with E-state index in [9.17, 15) is 4.79 Å². The van der Waals surface area contributed by atoms with Gasteiger partial charge in [0.05, 0.1) is 18.4 Å². The molecule has 1 N–H and O–H groups in total. The molecule has 118 valence electrons. The third-order valence-corrected chi connectivity index (χ3v) is 3.60. The van der Waals surface area contributed by atoms with Gasteiger partial charge in [-0.2, -0.15) is 5.10 Å². The third kappa shape index (κ3) is 4.10. The van der Waals surface area contributed by atoms with E-state index in [1.165, 1.54) is 16.7 Å². The molecule has 2 rings (SSSR count). The van der Waals surface area contributed by atoms with Crippen LogP contribution in [0.5, 0.6) is 5.75 Å². The van der Waals surface area contributed by atoms with Gasteiger partial charge in [-0.05, 0) is 49.9 Å². The van der Waals surface area contributed by atoms with Crippen LogP contribution in [0.1, 0.15) is 33.5 Å². The number of nitrogens with one attached hydrogen (secondary N) is 1. The van der Waals surface area contributed by atoms with Gasteiger partial charge < -0.3 is 10.1 Å². The summed E-state index contributed by atoms with van der Waals surface area (Å²) in [5.74, 6) is 0.826. The van der Waals surface area contributed by atoms with E-state index in [4.69, 9.17) is 4.74 Å². The normalized spacial score (nSPS) is 10.5. The minimum Gasteiger partial charge on any atom is -0.493 e. The topological polar surface area (TPSA) is 56.1 Å². The van der Waals surface area contributed by atoms with Crippen LogP contribution in [-0.2, 0) is 7.05 Å². The first-order valence-electron chi connectivity index (χ1n) is 7.45. The maximum atomic E-state index is 11.8. The van der Waals surface area contributed by atoms with Crippen LogP contribution in [0, 0.1) is 20.8 Å². The predicted molar refractivity (Wildman–Crippen MR) is 86.3 cm³/mol. The number of hydrogen-bond donors (Lipinski definition) is 1. The van der Waals surface area contributed by atoms with Crippen LogP contribution in [0.4, 0.5) is 0 Å². The highest BCUT2D eigenvalue weighted by Gasteiger charge is 2.07. The fourth-order valence-corrected chi connectivity index (χ4v) is 2.25. The summed E-state index contributed by atoms with van der Waals surface area (Å²) in [6.45, 7) is 7.37. The number of hydrogen-bond acceptors (Lipinski definition) is 3. The Balaban J connectivity index is 1.75. The van der Waals surface area contributed by atoms with Gasteiger partial charge in [0, 0.05) is 19.8 Å². The molecule has 1 heterocycles. The molecule has 5 heteroatoms. The van der Waals surface area contributed by atoms with Gasteiger partial charge in [0.2, 0.25) is 0 Å². The highest BCUT2D eigenvalue weighted by molar-refractivity contribution is 5.93. The second-order valence-electron chi connectivity index (χ2n) is 5.57. The molecule has 1 aromatic heterocycles. The van der Waals surface area contributed by atoms with Crippen LogP contribution in [0.2, 0.25) is 0 Å². The van der Waals surface area contributed by atoms with E-state index in [2.05, 4.69) is 43.3 Å². The number of carbonyl (C=O) groups is 1. The molecule has 0 bridgehead atoms. The first-order chi connectivity index (χ1) is 10.5. The lowest BCUT2D eigenvalue weighted by Crippen LogP contribution is -2.25. The molecule has 0 unspecified atom stereocenters. The number of aromatic nitrogens is 2. The molecule has 0 saturated carbocycles. The SMILES string of the molecule is Cc1cc(C)c(C)c(OCCCNC(=O)c2cnn(C)c2)c1. The molecule has 5 nitrogen and oxygen atoms in total. The second kappa shape index (κ2) is 7.11. The number of aryl methyl sites for hydroxylation is 3. The molecule has 1 aromatic carbocycles. The molecular formula is C17H23N3O2. The molecule has 0 saturated heterocycles. The molecule has 22 heavy (non-hydrogen) atoms. The fourth-order valence-electron chi connectivity index (χ4n) is 2.25. The van der Waals surface area contributed by atoms with E-state index in [-0.39, 0.29) is 5.91 Å². The van der Waals surface area contributed by atoms with Gasteiger partial charge in [0.1, 0.15) is 5.75 Å². The summed E-state index contributed by atoms with van der Waals surface area (Å²) in [7, 11) is 1.79. The molecule has 0 aliphatic rings. The van der Waals surface area contributed by atoms with Crippen molar-refractivity contribution >= 4 is 5.91 Å². The summed E-state index contributed by atoms with van der Waals surface area (Å²) in [5, 5.41) is 6.84. The zero-order valence-corrected chi connectivity index (χ0v) is 13.6. The Labute approximate surface area is 131 Å². The number of rotatable bonds is 6. The van der Waals surface area contributed by atoms with Crippen LogP contribution in [0.15, 0.2) is 24.5 Å². The van der Waals surface area contributed by atoms with E-state index < -0.39 is 0 Å². The van der Waals surface area contributed by atoms with Crippen molar-refractivity contribution in [2.24, 2.45) is 7.05 Å². The van der Waals surface area contributed by atoms with Crippen molar-refractivity contribution < 1.29 is 9.53 Å². The molecule has 0 fully saturated rings. The molecule has 0 spiro atoms. The first-order valence-corrected chi connectivity index (χ1v) is 7.45. The van der Waals surface area contributed by atoms with Crippen molar-refractivity contribution in [2.45, 2.75) is 27.2 Å². The van der Waals surface area contributed by atoms with Crippen molar-refractivity contribution in [3.05, 3.63) is 46.8 Å². The highest BCUT2D eigenvalue weighted by Crippen LogP contribution is 2.23. The Bertz CT molecular complexity index is 662. The van der Waals surface area contributed by atoms with Gasteiger partial charge in [-0.3, -0.25) is 9.48 Å². The average Bonchev–Trinajstić information content (AvgIpc) is 2.90. The minimum atomic E-state index is -0.101. The Morgan fingerprint density at radius 1 is 1.32 bits per heavy atom. The third-order valence-electron chi connectivity index (χ3n) is 3.60. The monoisotopic (exact) mass is 301 g/mol. The summed E-state index contributed by atoms with van der Waals surface area (Å²) in [6, 6.07) is 4.20. The number of ether oxygens (including phenoxy) is 1. The van der Waals surface area contributed by atoms with Crippen LogP contribution >= 0.6 is 0 Å². The van der Waals surface area contributed by atoms with Crippen LogP contribution in [0.25, 0.3) is 0 Å². The highest BCUT2D eigenvalue weighted by atomic mass is 16.5. The quantitative estimate of drug-likeness (QED) is 0.834. The summed E-state index contributed by atoms with van der Waals surface area (Å²) in [5.41, 5.74) is 4.18. The lowest BCUT2D eigenvalue weighted by atomic mass is 10.1. The lowest BCUT2D eigenvalue weighted by molar-refractivity contribution is 0.0951. The molecule has 1 amide bonds. The Kier molecular flexibility index (Phi) is 5.20. The van der Waals surface area contributed by atoms with Gasteiger partial charge in [-0.1, -0.05) is 6.07 Å².